The molecule has 1 N–H and O–H groups in total. The number of fused-ring (bicyclic) bond motifs is 1. The Labute approximate surface area is 158 Å². The summed E-state index contributed by atoms with van der Waals surface area (Å²) in [5.74, 6) is -1.24. The van der Waals surface area contributed by atoms with Gasteiger partial charge in [-0.2, -0.15) is 0 Å². The summed E-state index contributed by atoms with van der Waals surface area (Å²) in [6.07, 6.45) is -0.693. The van der Waals surface area contributed by atoms with Gasteiger partial charge in [0.1, 0.15) is 11.6 Å². The predicted molar refractivity (Wildman–Crippen MR) is 97.7 cm³/mol. The van der Waals surface area contributed by atoms with Crippen LogP contribution in [0.25, 0.3) is 0 Å². The van der Waals surface area contributed by atoms with Crippen LogP contribution in [0.1, 0.15) is 43.1 Å². The second-order valence-electron chi connectivity index (χ2n) is 7.85. The number of hydrogen-bond donors (Lipinski definition) is 1. The molecule has 3 rings (SSSR count). The van der Waals surface area contributed by atoms with E-state index in [9.17, 15) is 19.5 Å². The van der Waals surface area contributed by atoms with Crippen molar-refractivity contribution in [3.8, 4) is 0 Å². The van der Waals surface area contributed by atoms with Gasteiger partial charge in [0, 0.05) is 25.1 Å². The highest BCUT2D eigenvalue weighted by Gasteiger charge is 2.53. The van der Waals surface area contributed by atoms with E-state index < -0.39 is 23.7 Å². The van der Waals surface area contributed by atoms with Crippen molar-refractivity contribution in [2.24, 2.45) is 5.92 Å². The molecule has 0 spiro atoms. The Kier molecular flexibility index (Phi) is 4.99. The number of carbonyl (C=O) groups excluding carboxylic acids is 3. The van der Waals surface area contributed by atoms with Gasteiger partial charge in [-0.05, 0) is 24.5 Å². The minimum absolute atomic E-state index is 0.0443. The summed E-state index contributed by atoms with van der Waals surface area (Å²) in [5, 5.41) is 10.1. The van der Waals surface area contributed by atoms with Gasteiger partial charge in [-0.15, -0.1) is 0 Å². The van der Waals surface area contributed by atoms with Gasteiger partial charge < -0.3 is 19.6 Å². The zero-order valence-electron chi connectivity index (χ0n) is 16.1. The van der Waals surface area contributed by atoms with Crippen LogP contribution >= 0.6 is 0 Å². The first-order chi connectivity index (χ1) is 12.7. The molecule has 2 aliphatic rings. The fourth-order valence-electron chi connectivity index (χ4n) is 4.23. The quantitative estimate of drug-likeness (QED) is 0.800. The predicted octanol–water partition coefficient (Wildman–Crippen LogP) is 1.19. The first kappa shape index (κ1) is 19.4. The number of likely N-dealkylation sites (tertiary alicyclic amines) is 1. The van der Waals surface area contributed by atoms with Gasteiger partial charge in [0.2, 0.25) is 5.91 Å². The van der Waals surface area contributed by atoms with Gasteiger partial charge in [-0.3, -0.25) is 9.59 Å². The lowest BCUT2D eigenvalue weighted by Gasteiger charge is -2.38. The number of methoxy groups -OCH3 is 1. The monoisotopic (exact) mass is 374 g/mol. The van der Waals surface area contributed by atoms with Gasteiger partial charge in [0.15, 0.2) is 0 Å². The summed E-state index contributed by atoms with van der Waals surface area (Å²) in [6, 6.07) is 6.59. The number of ether oxygens (including phenoxy) is 1. The number of carbonyl (C=O) groups is 3. The van der Waals surface area contributed by atoms with Crippen molar-refractivity contribution in [3.05, 3.63) is 35.4 Å². The number of nitrogens with zero attached hydrogens (tertiary/aromatic N) is 2. The van der Waals surface area contributed by atoms with E-state index in [2.05, 4.69) is 0 Å². The van der Waals surface area contributed by atoms with Crippen LogP contribution in [0.2, 0.25) is 0 Å². The van der Waals surface area contributed by atoms with Crippen LogP contribution in [0.3, 0.4) is 0 Å². The summed E-state index contributed by atoms with van der Waals surface area (Å²) in [7, 11) is 1.27. The van der Waals surface area contributed by atoms with Crippen LogP contribution in [0.5, 0.6) is 0 Å². The average Bonchev–Trinajstić information content (AvgIpc) is 3.12. The molecule has 7 nitrogen and oxygen atoms in total. The maximum absolute atomic E-state index is 13.5. The first-order valence-electron chi connectivity index (χ1n) is 9.17. The molecule has 2 heterocycles. The third kappa shape index (κ3) is 3.10. The average molecular weight is 374 g/mol. The SMILES string of the molecule is COC(=O)[C@]1(C)C[C@@H](O)CN1C(=O)[C@H](C(C)C)N1Cc2ccccc2C1=O. The number of aliphatic hydroxyl groups excluding tert-OH is 1. The molecule has 1 aromatic carbocycles. The van der Waals surface area contributed by atoms with E-state index in [-0.39, 0.29) is 30.7 Å². The number of hydrogen-bond acceptors (Lipinski definition) is 5. The molecular weight excluding hydrogens is 348 g/mol. The largest absolute Gasteiger partial charge is 0.467 e. The van der Waals surface area contributed by atoms with Crippen LogP contribution < -0.4 is 0 Å². The van der Waals surface area contributed by atoms with Crippen molar-refractivity contribution in [1.82, 2.24) is 9.80 Å². The van der Waals surface area contributed by atoms with Crippen molar-refractivity contribution < 1.29 is 24.2 Å². The fraction of sp³-hybridized carbons (Fsp3) is 0.550. The van der Waals surface area contributed by atoms with Gasteiger partial charge in [-0.1, -0.05) is 32.0 Å². The second-order valence-corrected chi connectivity index (χ2v) is 7.85. The number of β-amino-alcohol motifs (C(OH)–C–C–N with tert-alkyl or cyclic N) is 1. The molecule has 3 atom stereocenters. The Morgan fingerprint density at radius 3 is 2.56 bits per heavy atom. The molecule has 1 saturated heterocycles. The van der Waals surface area contributed by atoms with E-state index in [1.807, 2.05) is 26.0 Å². The Morgan fingerprint density at radius 1 is 1.30 bits per heavy atom. The van der Waals surface area contributed by atoms with Gasteiger partial charge in [0.05, 0.1) is 13.2 Å². The Bertz CT molecular complexity index is 777. The summed E-state index contributed by atoms with van der Waals surface area (Å²) in [6.45, 7) is 5.75. The van der Waals surface area contributed by atoms with E-state index in [1.54, 1.807) is 24.0 Å². The van der Waals surface area contributed by atoms with Crippen molar-refractivity contribution in [2.45, 2.75) is 51.4 Å². The second kappa shape index (κ2) is 6.96. The number of aliphatic hydroxyl groups is 1. The molecular formula is C20H26N2O5. The molecule has 1 fully saturated rings. The third-order valence-corrected chi connectivity index (χ3v) is 5.58. The van der Waals surface area contributed by atoms with Crippen LogP contribution in [0.4, 0.5) is 0 Å². The first-order valence-corrected chi connectivity index (χ1v) is 9.17. The zero-order valence-corrected chi connectivity index (χ0v) is 16.1. The molecule has 0 aliphatic carbocycles. The van der Waals surface area contributed by atoms with Crippen molar-refractivity contribution in [2.75, 3.05) is 13.7 Å². The van der Waals surface area contributed by atoms with Crippen molar-refractivity contribution in [1.29, 1.82) is 0 Å². The highest BCUT2D eigenvalue weighted by molar-refractivity contribution is 6.01. The maximum Gasteiger partial charge on any atom is 0.331 e. The molecule has 0 radical (unpaired) electrons. The number of benzene rings is 1. The highest BCUT2D eigenvalue weighted by atomic mass is 16.5. The zero-order chi connectivity index (χ0) is 19.9. The topological polar surface area (TPSA) is 87.2 Å². The van der Waals surface area contributed by atoms with E-state index in [0.29, 0.717) is 12.1 Å². The highest BCUT2D eigenvalue weighted by Crippen LogP contribution is 2.34. The number of esters is 1. The maximum atomic E-state index is 13.5. The minimum Gasteiger partial charge on any atom is -0.467 e. The van der Waals surface area contributed by atoms with Crippen LogP contribution in [-0.4, -0.2) is 64.0 Å². The minimum atomic E-state index is -1.24. The lowest BCUT2D eigenvalue weighted by molar-refractivity contribution is -0.160. The number of amides is 2. The molecule has 0 saturated carbocycles. The molecule has 0 bridgehead atoms. The van der Waals surface area contributed by atoms with Crippen molar-refractivity contribution in [3.63, 3.8) is 0 Å². The molecule has 2 amide bonds. The lowest BCUT2D eigenvalue weighted by Crippen LogP contribution is -2.58. The molecule has 1 aromatic rings. The van der Waals surface area contributed by atoms with Crippen LogP contribution in [-0.2, 0) is 20.9 Å². The van der Waals surface area contributed by atoms with E-state index in [0.717, 1.165) is 5.56 Å². The van der Waals surface area contributed by atoms with E-state index in [4.69, 9.17) is 4.74 Å². The van der Waals surface area contributed by atoms with Gasteiger partial charge in [-0.25, -0.2) is 4.79 Å². The Hall–Kier alpha value is -2.41. The van der Waals surface area contributed by atoms with Gasteiger partial charge in [0.25, 0.3) is 5.91 Å². The standard InChI is InChI=1S/C20H26N2O5/c1-12(2)16(21-10-13-7-5-6-8-15(13)17(21)24)18(25)22-11-14(23)9-20(22,3)19(26)27-4/h5-8,12,14,16,23H,9-11H2,1-4H3/t14-,16+,20+/m1/s1. The fourth-order valence-corrected chi connectivity index (χ4v) is 4.23. The van der Waals surface area contributed by atoms with Crippen LogP contribution in [0, 0.1) is 5.92 Å². The molecule has 27 heavy (non-hydrogen) atoms. The molecule has 2 aliphatic heterocycles. The van der Waals surface area contributed by atoms with Crippen molar-refractivity contribution >= 4 is 17.8 Å². The smallest absolute Gasteiger partial charge is 0.331 e. The summed E-state index contributed by atoms with van der Waals surface area (Å²) >= 11 is 0. The van der Waals surface area contributed by atoms with Crippen LogP contribution in [0.15, 0.2) is 24.3 Å². The summed E-state index contributed by atoms with van der Waals surface area (Å²) in [4.78, 5) is 41.7. The Morgan fingerprint density at radius 2 is 1.96 bits per heavy atom. The Balaban J connectivity index is 1.93. The summed E-state index contributed by atoms with van der Waals surface area (Å²) in [5.41, 5.74) is 0.250. The molecule has 7 heteroatoms. The van der Waals surface area contributed by atoms with E-state index >= 15 is 0 Å². The third-order valence-electron chi connectivity index (χ3n) is 5.58. The normalized spacial score (nSPS) is 25.7. The lowest BCUT2D eigenvalue weighted by atomic mass is 9.95. The summed E-state index contributed by atoms with van der Waals surface area (Å²) < 4.78 is 4.88. The molecule has 0 unspecified atom stereocenters. The van der Waals surface area contributed by atoms with Gasteiger partial charge >= 0.3 is 5.97 Å². The molecule has 0 aromatic heterocycles. The molecule has 146 valence electrons. The van der Waals surface area contributed by atoms with E-state index in [1.165, 1.54) is 12.0 Å². The number of rotatable bonds is 4.